The molecule has 0 radical (unpaired) electrons. The summed E-state index contributed by atoms with van der Waals surface area (Å²) in [5.74, 6) is 0. The Hall–Kier alpha value is -1.04. The molecule has 0 heteroatoms. The van der Waals surface area contributed by atoms with Crippen molar-refractivity contribution in [2.45, 2.75) is 51.4 Å². The van der Waals surface area contributed by atoms with E-state index >= 15 is 0 Å². The summed E-state index contributed by atoms with van der Waals surface area (Å²) in [7, 11) is 0. The highest BCUT2D eigenvalue weighted by Crippen LogP contribution is 2.05. The molecular weight excluding hydrogens is 192 g/mol. The van der Waals surface area contributed by atoms with Gasteiger partial charge in [-0.05, 0) is 51.4 Å². The molecule has 0 heterocycles. The average Bonchev–Trinajstić information content (AvgIpc) is 2.15. The maximum atomic E-state index is 2.23. The van der Waals surface area contributed by atoms with Crippen LogP contribution in [0.5, 0.6) is 0 Å². The molecule has 0 spiro atoms. The molecule has 2 aliphatic carbocycles. The first-order valence-electron chi connectivity index (χ1n) is 6.63. The molecule has 0 fully saturated rings. The second-order valence-corrected chi connectivity index (χ2v) is 4.28. The standard InChI is InChI=1S/2C8H12/c2*1-2-4-6-8-7-5-3-1/h2*1-4H,5-8H2/b2*3-1-,4-2-. The van der Waals surface area contributed by atoms with E-state index in [0.717, 1.165) is 0 Å². The highest BCUT2D eigenvalue weighted by atomic mass is 13.9. The quantitative estimate of drug-likeness (QED) is 0.512. The summed E-state index contributed by atoms with van der Waals surface area (Å²) in [6.45, 7) is 0. The van der Waals surface area contributed by atoms with Crippen LogP contribution in [0.15, 0.2) is 48.6 Å². The van der Waals surface area contributed by atoms with Crippen molar-refractivity contribution in [3.05, 3.63) is 48.6 Å². The van der Waals surface area contributed by atoms with E-state index in [2.05, 4.69) is 48.6 Å². The summed E-state index contributed by atoms with van der Waals surface area (Å²) in [4.78, 5) is 0. The van der Waals surface area contributed by atoms with Crippen molar-refractivity contribution in [2.75, 3.05) is 0 Å². The van der Waals surface area contributed by atoms with Gasteiger partial charge in [-0.3, -0.25) is 0 Å². The molecule has 0 saturated carbocycles. The molecule has 0 aromatic heterocycles. The molecule has 0 aromatic rings. The summed E-state index contributed by atoms with van der Waals surface area (Å²) in [6, 6.07) is 0. The third-order valence-corrected chi connectivity index (χ3v) is 2.75. The maximum absolute atomic E-state index is 2.23. The zero-order valence-corrected chi connectivity index (χ0v) is 10.3. The van der Waals surface area contributed by atoms with Crippen LogP contribution in [0.3, 0.4) is 0 Å². The van der Waals surface area contributed by atoms with Crippen LogP contribution >= 0.6 is 0 Å². The zero-order chi connectivity index (χ0) is 11.3. The monoisotopic (exact) mass is 216 g/mol. The van der Waals surface area contributed by atoms with Gasteiger partial charge in [0.1, 0.15) is 0 Å². The van der Waals surface area contributed by atoms with Gasteiger partial charge in [0, 0.05) is 0 Å². The van der Waals surface area contributed by atoms with Crippen LogP contribution < -0.4 is 0 Å². The van der Waals surface area contributed by atoms with Gasteiger partial charge in [0.2, 0.25) is 0 Å². The molecule has 0 aliphatic heterocycles. The van der Waals surface area contributed by atoms with E-state index in [4.69, 9.17) is 0 Å². The second kappa shape index (κ2) is 10.5. The molecule has 0 saturated heterocycles. The number of hydrogen-bond donors (Lipinski definition) is 0. The van der Waals surface area contributed by atoms with Crippen LogP contribution in [-0.4, -0.2) is 0 Å². The lowest BCUT2D eigenvalue weighted by atomic mass is 10.1. The lowest BCUT2D eigenvalue weighted by Crippen LogP contribution is -1.74. The van der Waals surface area contributed by atoms with Gasteiger partial charge in [-0.15, -0.1) is 0 Å². The topological polar surface area (TPSA) is 0 Å². The third-order valence-electron chi connectivity index (χ3n) is 2.75. The van der Waals surface area contributed by atoms with E-state index in [0.29, 0.717) is 0 Å². The largest absolute Gasteiger partial charge is 0.0845 e. The SMILES string of the molecule is C1=C\CCCC\C=C/1.C1=C\CCCC\C=C/1. The fourth-order valence-corrected chi connectivity index (χ4v) is 1.75. The van der Waals surface area contributed by atoms with Crippen molar-refractivity contribution in [3.8, 4) is 0 Å². The average molecular weight is 216 g/mol. The molecule has 0 nitrogen and oxygen atoms in total. The predicted octanol–water partition coefficient (Wildman–Crippen LogP) is 5.35. The Balaban J connectivity index is 0.000000160. The van der Waals surface area contributed by atoms with Crippen molar-refractivity contribution in [1.82, 2.24) is 0 Å². The molecule has 0 N–H and O–H groups in total. The van der Waals surface area contributed by atoms with Gasteiger partial charge in [0.25, 0.3) is 0 Å². The number of rotatable bonds is 0. The minimum Gasteiger partial charge on any atom is -0.0845 e. The van der Waals surface area contributed by atoms with Crippen LogP contribution in [0.25, 0.3) is 0 Å². The van der Waals surface area contributed by atoms with Crippen molar-refractivity contribution in [2.24, 2.45) is 0 Å². The Morgan fingerprint density at radius 1 is 0.375 bits per heavy atom. The molecule has 0 unspecified atom stereocenters. The van der Waals surface area contributed by atoms with Crippen LogP contribution in [0.2, 0.25) is 0 Å². The fraction of sp³-hybridized carbons (Fsp3) is 0.500. The first kappa shape index (κ1) is 13.0. The van der Waals surface area contributed by atoms with Gasteiger partial charge in [-0.25, -0.2) is 0 Å². The Morgan fingerprint density at radius 2 is 0.625 bits per heavy atom. The minimum absolute atomic E-state index is 1.27. The van der Waals surface area contributed by atoms with E-state index in [1.54, 1.807) is 0 Å². The number of allylic oxidation sites excluding steroid dienone is 8. The molecule has 0 aromatic carbocycles. The van der Waals surface area contributed by atoms with E-state index < -0.39 is 0 Å². The lowest BCUT2D eigenvalue weighted by molar-refractivity contribution is 0.758. The summed E-state index contributed by atoms with van der Waals surface area (Å²) in [5.41, 5.74) is 0. The van der Waals surface area contributed by atoms with Gasteiger partial charge in [0.15, 0.2) is 0 Å². The fourth-order valence-electron chi connectivity index (χ4n) is 1.75. The van der Waals surface area contributed by atoms with Crippen molar-refractivity contribution < 1.29 is 0 Å². The Morgan fingerprint density at radius 3 is 0.875 bits per heavy atom. The Bertz CT molecular complexity index is 197. The number of hydrogen-bond acceptors (Lipinski definition) is 0. The van der Waals surface area contributed by atoms with E-state index in [1.165, 1.54) is 51.4 Å². The van der Waals surface area contributed by atoms with E-state index in [-0.39, 0.29) is 0 Å². The van der Waals surface area contributed by atoms with Gasteiger partial charge in [-0.1, -0.05) is 48.6 Å². The third kappa shape index (κ3) is 8.28. The molecule has 0 amide bonds. The smallest absolute Gasteiger partial charge is 0.0347 e. The van der Waals surface area contributed by atoms with Crippen LogP contribution in [0.4, 0.5) is 0 Å². The minimum atomic E-state index is 1.27. The molecule has 16 heavy (non-hydrogen) atoms. The maximum Gasteiger partial charge on any atom is -0.0347 e. The zero-order valence-electron chi connectivity index (χ0n) is 10.3. The highest BCUT2D eigenvalue weighted by Gasteiger charge is 1.85. The van der Waals surface area contributed by atoms with Crippen molar-refractivity contribution in [3.63, 3.8) is 0 Å². The van der Waals surface area contributed by atoms with Crippen molar-refractivity contribution >= 4 is 0 Å². The van der Waals surface area contributed by atoms with Gasteiger partial charge in [-0.2, -0.15) is 0 Å². The van der Waals surface area contributed by atoms with Gasteiger partial charge in [0.05, 0.1) is 0 Å². The van der Waals surface area contributed by atoms with Gasteiger partial charge < -0.3 is 0 Å². The van der Waals surface area contributed by atoms with Gasteiger partial charge >= 0.3 is 0 Å². The summed E-state index contributed by atoms with van der Waals surface area (Å²) in [6.07, 6.45) is 28.0. The van der Waals surface area contributed by atoms with Crippen LogP contribution in [0, 0.1) is 0 Å². The van der Waals surface area contributed by atoms with E-state index in [9.17, 15) is 0 Å². The van der Waals surface area contributed by atoms with Crippen LogP contribution in [0.1, 0.15) is 51.4 Å². The van der Waals surface area contributed by atoms with Crippen LogP contribution in [-0.2, 0) is 0 Å². The molecule has 88 valence electrons. The lowest BCUT2D eigenvalue weighted by Gasteiger charge is -1.94. The molecular formula is C16H24. The molecule has 0 atom stereocenters. The van der Waals surface area contributed by atoms with Crippen molar-refractivity contribution in [1.29, 1.82) is 0 Å². The molecule has 2 rings (SSSR count). The summed E-state index contributed by atoms with van der Waals surface area (Å²) >= 11 is 0. The molecule has 0 bridgehead atoms. The Labute approximate surface area is 100 Å². The summed E-state index contributed by atoms with van der Waals surface area (Å²) < 4.78 is 0. The predicted molar refractivity (Wildman–Crippen MR) is 73.5 cm³/mol. The first-order valence-corrected chi connectivity index (χ1v) is 6.63. The summed E-state index contributed by atoms with van der Waals surface area (Å²) in [5, 5.41) is 0. The van der Waals surface area contributed by atoms with E-state index in [1.807, 2.05) is 0 Å². The highest BCUT2D eigenvalue weighted by molar-refractivity contribution is 5.04. The molecule has 2 aliphatic rings. The normalized spacial score (nSPS) is 28.0. The second-order valence-electron chi connectivity index (χ2n) is 4.28. The Kier molecular flexibility index (Phi) is 8.53. The first-order chi connectivity index (χ1) is 8.00.